The average Bonchev–Trinajstić information content (AvgIpc) is 2.85. The van der Waals surface area contributed by atoms with Crippen molar-refractivity contribution in [2.24, 2.45) is 4.99 Å². The maximum atomic E-state index is 10.9. The first-order valence-corrected chi connectivity index (χ1v) is 12.0. The molecular weight excluding hydrogens is 480 g/mol. The number of halogens is 1. The largest absolute Gasteiger partial charge is 0.504 e. The lowest BCUT2D eigenvalue weighted by Gasteiger charge is -2.31. The van der Waals surface area contributed by atoms with Gasteiger partial charge < -0.3 is 14.6 Å². The smallest absolute Gasteiger partial charge is 0.162 e. The van der Waals surface area contributed by atoms with E-state index in [1.165, 1.54) is 5.56 Å². The van der Waals surface area contributed by atoms with E-state index < -0.39 is 0 Å². The van der Waals surface area contributed by atoms with Crippen LogP contribution in [0.15, 0.2) is 70.1 Å². The lowest BCUT2D eigenvalue weighted by atomic mass is 9.93. The summed E-state index contributed by atoms with van der Waals surface area (Å²) in [6, 6.07) is 20.1. The second-order valence-electron chi connectivity index (χ2n) is 7.97. The minimum atomic E-state index is -0.276. The fourth-order valence-electron chi connectivity index (χ4n) is 4.13. The Bertz CT molecular complexity index is 1140. The summed E-state index contributed by atoms with van der Waals surface area (Å²) in [4.78, 5) is 5.07. The van der Waals surface area contributed by atoms with Crippen LogP contribution in [0.25, 0.3) is 0 Å². The van der Waals surface area contributed by atoms with Crippen molar-refractivity contribution >= 4 is 21.6 Å². The number of hydrogen-bond acceptors (Lipinski definition) is 5. The highest BCUT2D eigenvalue weighted by Crippen LogP contribution is 2.39. The monoisotopic (exact) mass is 508 g/mol. The molecule has 0 unspecified atom stereocenters. The number of rotatable bonds is 7. The number of methoxy groups -OCH3 is 1. The van der Waals surface area contributed by atoms with Crippen LogP contribution in [0.4, 0.5) is 0 Å². The predicted octanol–water partition coefficient (Wildman–Crippen LogP) is 6.35. The van der Waals surface area contributed by atoms with Gasteiger partial charge in [-0.25, -0.2) is 0 Å². The Morgan fingerprint density at radius 3 is 2.52 bits per heavy atom. The van der Waals surface area contributed by atoms with Gasteiger partial charge in [-0.05, 0) is 64.2 Å². The van der Waals surface area contributed by atoms with Gasteiger partial charge >= 0.3 is 0 Å². The van der Waals surface area contributed by atoms with E-state index in [4.69, 9.17) is 14.5 Å². The highest BCUT2D eigenvalue weighted by Gasteiger charge is 2.29. The minimum Gasteiger partial charge on any atom is -0.504 e. The second-order valence-corrected chi connectivity index (χ2v) is 8.83. The Balaban J connectivity index is 1.75. The van der Waals surface area contributed by atoms with E-state index in [0.29, 0.717) is 18.8 Å². The van der Waals surface area contributed by atoms with Crippen LogP contribution in [0.1, 0.15) is 54.7 Å². The molecule has 0 amide bonds. The number of aromatic hydroxyl groups is 1. The first-order valence-electron chi connectivity index (χ1n) is 11.2. The van der Waals surface area contributed by atoms with Crippen LogP contribution in [0.5, 0.6) is 17.2 Å². The maximum Gasteiger partial charge on any atom is 0.162 e. The van der Waals surface area contributed by atoms with Crippen LogP contribution in [0, 0.1) is 0 Å². The molecule has 1 aliphatic heterocycles. The van der Waals surface area contributed by atoms with Crippen molar-refractivity contribution in [2.75, 3.05) is 13.7 Å². The third kappa shape index (κ3) is 5.07. The van der Waals surface area contributed by atoms with E-state index >= 15 is 0 Å². The summed E-state index contributed by atoms with van der Waals surface area (Å²) in [5.74, 6) is 1.44. The molecule has 172 valence electrons. The molecule has 6 heteroatoms. The molecule has 0 spiro atoms. The molecule has 0 saturated heterocycles. The molecular formula is C27H29BrN2O3. The van der Waals surface area contributed by atoms with Gasteiger partial charge in [0.1, 0.15) is 11.9 Å². The van der Waals surface area contributed by atoms with E-state index in [1.807, 2.05) is 37.3 Å². The molecule has 0 bridgehead atoms. The number of nitrogens with zero attached hydrogens (tertiary/aromatic N) is 1. The standard InChI is InChI=1S/C27H29BrN2O3/c1-4-17-9-11-18(12-10-17)22-16-23(20-7-6-8-25(26(20)31)33-5-2)30-27(29-22)19-13-14-24(32-3)21(28)15-19/h6-15,23,27,30-31H,4-5,16H2,1-3H3/t23-,27+/m0/s1. The summed E-state index contributed by atoms with van der Waals surface area (Å²) in [6.45, 7) is 4.56. The zero-order valence-electron chi connectivity index (χ0n) is 19.1. The third-order valence-corrected chi connectivity index (χ3v) is 6.55. The molecule has 3 aromatic rings. The van der Waals surface area contributed by atoms with Crippen molar-refractivity contribution in [3.63, 3.8) is 0 Å². The molecule has 2 N–H and O–H groups in total. The Morgan fingerprint density at radius 1 is 1.06 bits per heavy atom. The van der Waals surface area contributed by atoms with E-state index in [1.54, 1.807) is 13.2 Å². The molecule has 0 aliphatic carbocycles. The molecule has 0 fully saturated rings. The Hall–Kier alpha value is -2.83. The van der Waals surface area contributed by atoms with E-state index in [9.17, 15) is 5.11 Å². The lowest BCUT2D eigenvalue weighted by Crippen LogP contribution is -2.33. The molecule has 2 atom stereocenters. The molecule has 5 nitrogen and oxygen atoms in total. The van der Waals surface area contributed by atoms with Crippen molar-refractivity contribution in [1.82, 2.24) is 5.32 Å². The zero-order chi connectivity index (χ0) is 23.4. The molecule has 0 aromatic heterocycles. The van der Waals surface area contributed by atoms with Gasteiger partial charge in [-0.2, -0.15) is 0 Å². The number of aryl methyl sites for hydroxylation is 1. The van der Waals surface area contributed by atoms with Gasteiger partial charge in [0, 0.05) is 23.7 Å². The quantitative estimate of drug-likeness (QED) is 0.390. The molecule has 4 rings (SSSR count). The van der Waals surface area contributed by atoms with Crippen LogP contribution >= 0.6 is 15.9 Å². The fourth-order valence-corrected chi connectivity index (χ4v) is 4.69. The molecule has 33 heavy (non-hydrogen) atoms. The molecule has 1 aliphatic rings. The van der Waals surface area contributed by atoms with Crippen LogP contribution in [0.2, 0.25) is 0 Å². The van der Waals surface area contributed by atoms with E-state index in [2.05, 4.69) is 52.4 Å². The van der Waals surface area contributed by atoms with Gasteiger partial charge in [-0.3, -0.25) is 10.3 Å². The first kappa shape index (κ1) is 23.3. The topological polar surface area (TPSA) is 63.1 Å². The number of benzene rings is 3. The van der Waals surface area contributed by atoms with E-state index in [0.717, 1.165) is 39.0 Å². The van der Waals surface area contributed by atoms with Crippen molar-refractivity contribution in [1.29, 1.82) is 0 Å². The third-order valence-electron chi connectivity index (χ3n) is 5.93. The van der Waals surface area contributed by atoms with Crippen molar-refractivity contribution in [2.45, 2.75) is 38.9 Å². The Kier molecular flexibility index (Phi) is 7.36. The Labute approximate surface area is 203 Å². The number of phenolic OH excluding ortho intramolecular Hbond substituents is 1. The highest BCUT2D eigenvalue weighted by molar-refractivity contribution is 9.10. The summed E-state index contributed by atoms with van der Waals surface area (Å²) in [5.41, 5.74) is 5.20. The molecule has 0 radical (unpaired) electrons. The summed E-state index contributed by atoms with van der Waals surface area (Å²) in [7, 11) is 1.65. The average molecular weight is 509 g/mol. The number of phenols is 1. The number of ether oxygens (including phenoxy) is 2. The van der Waals surface area contributed by atoms with Crippen LogP contribution in [0.3, 0.4) is 0 Å². The first-order chi connectivity index (χ1) is 16.0. The fraction of sp³-hybridized carbons (Fsp3) is 0.296. The normalized spacial score (nSPS) is 18.0. The SMILES string of the molecule is CCOc1cccc([C@@H]2CC(c3ccc(CC)cc3)=N[C@@H](c3ccc(OC)c(Br)c3)N2)c1O. The van der Waals surface area contributed by atoms with Gasteiger partial charge in [-0.1, -0.05) is 49.4 Å². The summed E-state index contributed by atoms with van der Waals surface area (Å²) in [5, 5.41) is 14.6. The highest BCUT2D eigenvalue weighted by atomic mass is 79.9. The van der Waals surface area contributed by atoms with Gasteiger partial charge in [0.25, 0.3) is 0 Å². The van der Waals surface area contributed by atoms with E-state index in [-0.39, 0.29) is 18.0 Å². The van der Waals surface area contributed by atoms with Crippen LogP contribution < -0.4 is 14.8 Å². The number of nitrogens with one attached hydrogen (secondary N) is 1. The molecule has 0 saturated carbocycles. The summed E-state index contributed by atoms with van der Waals surface area (Å²) < 4.78 is 11.9. The minimum absolute atomic E-state index is 0.130. The van der Waals surface area contributed by atoms with Crippen LogP contribution in [-0.4, -0.2) is 24.5 Å². The van der Waals surface area contributed by atoms with Crippen LogP contribution in [-0.2, 0) is 6.42 Å². The van der Waals surface area contributed by atoms with Gasteiger partial charge in [0.15, 0.2) is 11.5 Å². The predicted molar refractivity (Wildman–Crippen MR) is 136 cm³/mol. The Morgan fingerprint density at radius 2 is 1.85 bits per heavy atom. The zero-order valence-corrected chi connectivity index (χ0v) is 20.7. The lowest BCUT2D eigenvalue weighted by molar-refractivity contribution is 0.313. The van der Waals surface area contributed by atoms with Crippen molar-refractivity contribution in [3.05, 3.63) is 87.4 Å². The van der Waals surface area contributed by atoms with Crippen molar-refractivity contribution < 1.29 is 14.6 Å². The molecule has 1 heterocycles. The summed E-state index contributed by atoms with van der Waals surface area (Å²) >= 11 is 3.59. The van der Waals surface area contributed by atoms with Gasteiger partial charge in [0.2, 0.25) is 0 Å². The number of aliphatic imine (C=N–C) groups is 1. The van der Waals surface area contributed by atoms with Gasteiger partial charge in [-0.15, -0.1) is 0 Å². The maximum absolute atomic E-state index is 10.9. The second kappa shape index (κ2) is 10.4. The number of para-hydroxylation sites is 1. The summed E-state index contributed by atoms with van der Waals surface area (Å²) in [6.07, 6.45) is 1.38. The molecule has 3 aromatic carbocycles. The van der Waals surface area contributed by atoms with Gasteiger partial charge in [0.05, 0.1) is 18.2 Å². The van der Waals surface area contributed by atoms with Crippen molar-refractivity contribution in [3.8, 4) is 17.2 Å². The number of hydrogen-bond donors (Lipinski definition) is 2.